The molecule has 0 fully saturated rings. The first-order valence-corrected chi connectivity index (χ1v) is 12.5. The van der Waals surface area contributed by atoms with Crippen LogP contribution in [0.15, 0.2) is 71.7 Å². The smallest absolute Gasteiger partial charge is 0.269 e. The van der Waals surface area contributed by atoms with Gasteiger partial charge < -0.3 is 0 Å². The topological polar surface area (TPSA) is 47.9 Å². The fourth-order valence-corrected chi connectivity index (χ4v) is 5.68. The van der Waals surface area contributed by atoms with Crippen LogP contribution in [0.25, 0.3) is 6.08 Å². The summed E-state index contributed by atoms with van der Waals surface area (Å²) in [6.45, 7) is 6.49. The number of nitrogens with one attached hydrogen (secondary N) is 1. The van der Waals surface area contributed by atoms with Crippen molar-refractivity contribution >= 4 is 45.9 Å². The SMILES string of the molecule is C=Cc1ccc(CSC2=NNC3N(Cc4ccc(CC)cc4)C(=O)c4sccc4N23)cc1. The summed E-state index contributed by atoms with van der Waals surface area (Å²) in [4.78, 5) is 18.1. The minimum Gasteiger partial charge on any atom is -0.294 e. The van der Waals surface area contributed by atoms with Crippen LogP contribution in [0.5, 0.6) is 0 Å². The highest BCUT2D eigenvalue weighted by molar-refractivity contribution is 8.13. The molecule has 0 spiro atoms. The van der Waals surface area contributed by atoms with Crippen molar-refractivity contribution in [3.8, 4) is 0 Å². The van der Waals surface area contributed by atoms with Crippen molar-refractivity contribution in [1.82, 2.24) is 10.3 Å². The maximum Gasteiger partial charge on any atom is 0.269 e. The molecule has 1 atom stereocenters. The summed E-state index contributed by atoms with van der Waals surface area (Å²) in [7, 11) is 0. The Morgan fingerprint density at radius 3 is 2.53 bits per heavy atom. The van der Waals surface area contributed by atoms with Crippen molar-refractivity contribution in [2.24, 2.45) is 5.10 Å². The second-order valence-electron chi connectivity index (χ2n) is 7.74. The number of nitrogens with zero attached hydrogens (tertiary/aromatic N) is 3. The molecule has 0 aliphatic carbocycles. The number of hydrazone groups is 1. The molecule has 1 aromatic heterocycles. The Morgan fingerprint density at radius 1 is 1.09 bits per heavy atom. The molecule has 3 aromatic rings. The maximum atomic E-state index is 13.3. The lowest BCUT2D eigenvalue weighted by atomic mass is 10.1. The zero-order valence-corrected chi connectivity index (χ0v) is 19.5. The van der Waals surface area contributed by atoms with E-state index in [4.69, 9.17) is 0 Å². The van der Waals surface area contributed by atoms with E-state index in [1.807, 2.05) is 22.4 Å². The van der Waals surface area contributed by atoms with Crippen LogP contribution in [-0.2, 0) is 18.7 Å². The number of anilines is 1. The van der Waals surface area contributed by atoms with Crippen LogP contribution >= 0.6 is 23.1 Å². The van der Waals surface area contributed by atoms with Crippen molar-refractivity contribution in [2.45, 2.75) is 31.9 Å². The predicted octanol–water partition coefficient (Wildman–Crippen LogP) is 5.51. The Kier molecular flexibility index (Phi) is 5.76. The molecule has 2 aliphatic rings. The Bertz CT molecular complexity index is 1170. The molecule has 2 aliphatic heterocycles. The van der Waals surface area contributed by atoms with Crippen molar-refractivity contribution in [3.05, 3.63) is 93.7 Å². The summed E-state index contributed by atoms with van der Waals surface area (Å²) in [5, 5.41) is 7.47. The highest BCUT2D eigenvalue weighted by Gasteiger charge is 2.43. The number of benzene rings is 2. The van der Waals surface area contributed by atoms with Crippen LogP contribution < -0.4 is 10.3 Å². The standard InChI is InChI=1S/C25H24N4OS2/c1-3-17-5-9-19(10-6-17)15-28-23(30)22-21(13-14-31-22)29-24(28)26-27-25(29)32-16-20-11-7-18(4-2)8-12-20/h4-14,24,26H,2-3,15-16H2,1H3. The molecule has 0 saturated carbocycles. The average Bonchev–Trinajstić information content (AvgIpc) is 3.48. The van der Waals surface area contributed by atoms with Gasteiger partial charge in [-0.3, -0.25) is 20.0 Å². The lowest BCUT2D eigenvalue weighted by Gasteiger charge is -2.39. The van der Waals surface area contributed by atoms with Gasteiger partial charge in [-0.1, -0.05) is 79.9 Å². The zero-order chi connectivity index (χ0) is 22.1. The van der Waals surface area contributed by atoms with Crippen molar-refractivity contribution in [2.75, 3.05) is 4.90 Å². The molecule has 7 heteroatoms. The quantitative estimate of drug-likeness (QED) is 0.527. The zero-order valence-electron chi connectivity index (χ0n) is 17.8. The van der Waals surface area contributed by atoms with Crippen LogP contribution in [0.1, 0.15) is 38.8 Å². The third-order valence-corrected chi connectivity index (χ3v) is 7.66. The summed E-state index contributed by atoms with van der Waals surface area (Å²) in [5.74, 6) is 0.845. The van der Waals surface area contributed by atoms with Gasteiger partial charge in [-0.25, -0.2) is 0 Å². The highest BCUT2D eigenvalue weighted by Crippen LogP contribution is 2.39. The normalized spacial score (nSPS) is 17.0. The highest BCUT2D eigenvalue weighted by atomic mass is 32.2. The summed E-state index contributed by atoms with van der Waals surface area (Å²) in [6.07, 6.45) is 2.53. The molecule has 1 N–H and O–H groups in total. The molecular weight excluding hydrogens is 436 g/mol. The van der Waals surface area contributed by atoms with Crippen LogP contribution in [0, 0.1) is 0 Å². The van der Waals surface area contributed by atoms with Gasteiger partial charge in [-0.05, 0) is 40.1 Å². The molecule has 0 bridgehead atoms. The van der Waals surface area contributed by atoms with Gasteiger partial charge in [-0.2, -0.15) is 5.10 Å². The largest absolute Gasteiger partial charge is 0.294 e. The third kappa shape index (κ3) is 3.82. The summed E-state index contributed by atoms with van der Waals surface area (Å²) in [6, 6.07) is 18.9. The number of amides is 1. The second-order valence-corrected chi connectivity index (χ2v) is 9.60. The maximum absolute atomic E-state index is 13.3. The molecular formula is C25H24N4OS2. The molecule has 162 valence electrons. The molecule has 5 nitrogen and oxygen atoms in total. The number of thioether (sulfide) groups is 1. The number of hydrogen-bond donors (Lipinski definition) is 1. The van der Waals surface area contributed by atoms with Crippen molar-refractivity contribution in [1.29, 1.82) is 0 Å². The second kappa shape index (κ2) is 8.84. The molecule has 0 radical (unpaired) electrons. The van der Waals surface area contributed by atoms with Gasteiger partial charge in [0.2, 0.25) is 6.29 Å². The summed E-state index contributed by atoms with van der Waals surface area (Å²) in [5.41, 5.74) is 8.87. The summed E-state index contributed by atoms with van der Waals surface area (Å²) >= 11 is 3.16. The number of amidine groups is 1. The first kappa shape index (κ1) is 20.8. The number of carbonyl (C=O) groups excluding carboxylic acids is 1. The monoisotopic (exact) mass is 460 g/mol. The Labute approximate surface area is 196 Å². The van der Waals surface area contributed by atoms with E-state index in [0.29, 0.717) is 6.54 Å². The van der Waals surface area contributed by atoms with E-state index in [1.54, 1.807) is 11.8 Å². The Morgan fingerprint density at radius 2 is 1.81 bits per heavy atom. The number of thiophene rings is 1. The average molecular weight is 461 g/mol. The van der Waals surface area contributed by atoms with E-state index in [0.717, 1.165) is 39.0 Å². The van der Waals surface area contributed by atoms with Gasteiger partial charge in [0.1, 0.15) is 4.88 Å². The first-order valence-electron chi connectivity index (χ1n) is 10.6. The molecule has 3 heterocycles. The number of carbonyl (C=O) groups is 1. The Balaban J connectivity index is 1.37. The minimum atomic E-state index is -0.318. The van der Waals surface area contributed by atoms with E-state index in [-0.39, 0.29) is 12.2 Å². The van der Waals surface area contributed by atoms with Gasteiger partial charge in [0.15, 0.2) is 5.17 Å². The van der Waals surface area contributed by atoms with Gasteiger partial charge in [0.05, 0.1) is 5.69 Å². The minimum absolute atomic E-state index is 0.0461. The van der Waals surface area contributed by atoms with Crippen LogP contribution in [0.2, 0.25) is 0 Å². The van der Waals surface area contributed by atoms with Crippen LogP contribution in [0.4, 0.5) is 5.69 Å². The number of fused-ring (bicyclic) bond motifs is 3. The molecule has 0 saturated heterocycles. The van der Waals surface area contributed by atoms with Crippen molar-refractivity contribution in [3.63, 3.8) is 0 Å². The van der Waals surface area contributed by atoms with Gasteiger partial charge in [-0.15, -0.1) is 11.3 Å². The van der Waals surface area contributed by atoms with E-state index in [2.05, 4.69) is 77.5 Å². The lowest BCUT2D eigenvalue weighted by Crippen LogP contribution is -2.57. The van der Waals surface area contributed by atoms with Gasteiger partial charge >= 0.3 is 0 Å². The molecule has 32 heavy (non-hydrogen) atoms. The number of aryl methyl sites for hydroxylation is 1. The van der Waals surface area contributed by atoms with E-state index >= 15 is 0 Å². The molecule has 1 amide bonds. The predicted molar refractivity (Wildman–Crippen MR) is 135 cm³/mol. The fraction of sp³-hybridized carbons (Fsp3) is 0.200. The van der Waals surface area contributed by atoms with E-state index in [9.17, 15) is 4.79 Å². The van der Waals surface area contributed by atoms with E-state index in [1.165, 1.54) is 22.5 Å². The van der Waals surface area contributed by atoms with Crippen LogP contribution in [-0.4, -0.2) is 22.3 Å². The summed E-state index contributed by atoms with van der Waals surface area (Å²) < 4.78 is 0. The first-order chi connectivity index (χ1) is 15.7. The number of rotatable bonds is 6. The van der Waals surface area contributed by atoms with Crippen LogP contribution in [0.3, 0.4) is 0 Å². The van der Waals surface area contributed by atoms with Gasteiger partial charge in [0.25, 0.3) is 5.91 Å². The molecule has 5 rings (SSSR count). The van der Waals surface area contributed by atoms with E-state index < -0.39 is 0 Å². The van der Waals surface area contributed by atoms with Crippen molar-refractivity contribution < 1.29 is 4.79 Å². The fourth-order valence-electron chi connectivity index (χ4n) is 3.90. The number of hydrogen-bond acceptors (Lipinski definition) is 6. The Hall–Kier alpha value is -3.03. The molecule has 2 aromatic carbocycles. The lowest BCUT2D eigenvalue weighted by molar-refractivity contribution is 0.0629. The third-order valence-electron chi connectivity index (χ3n) is 5.75. The van der Waals surface area contributed by atoms with Gasteiger partial charge in [0, 0.05) is 12.3 Å². The molecule has 1 unspecified atom stereocenters.